The first-order valence-corrected chi connectivity index (χ1v) is 5.89. The summed E-state index contributed by atoms with van der Waals surface area (Å²) in [7, 11) is 2.47. The van der Waals surface area contributed by atoms with Gasteiger partial charge in [0.15, 0.2) is 17.3 Å². The van der Waals surface area contributed by atoms with Gasteiger partial charge in [-0.15, -0.1) is 0 Å². The third kappa shape index (κ3) is 2.84. The molecule has 0 radical (unpaired) electrons. The molecule has 0 heterocycles. The number of rotatable bonds is 4. The van der Waals surface area contributed by atoms with Gasteiger partial charge in [0.2, 0.25) is 0 Å². The normalized spacial score (nSPS) is 10.3. The number of carbonyl (C=O) groups is 1. The number of halogens is 3. The Hall–Kier alpha value is -2.50. The molecule has 2 rings (SSSR count). The molecule has 0 aromatic heterocycles. The number of hydrogen-bond donors (Lipinski definition) is 0. The van der Waals surface area contributed by atoms with Gasteiger partial charge in [0.1, 0.15) is 17.4 Å². The van der Waals surface area contributed by atoms with Crippen molar-refractivity contribution in [3.05, 3.63) is 58.9 Å². The van der Waals surface area contributed by atoms with Gasteiger partial charge in [0, 0.05) is 17.7 Å². The molecule has 0 aliphatic rings. The molecule has 0 spiro atoms. The Balaban J connectivity index is 2.50. The molecule has 0 bridgehead atoms. The van der Waals surface area contributed by atoms with Gasteiger partial charge >= 0.3 is 0 Å². The highest BCUT2D eigenvalue weighted by molar-refractivity contribution is 6.09. The smallest absolute Gasteiger partial charge is 0.199 e. The quantitative estimate of drug-likeness (QED) is 0.812. The number of hydrogen-bond acceptors (Lipinski definition) is 3. The molecule has 0 unspecified atom stereocenters. The molecule has 0 saturated heterocycles. The molecule has 3 nitrogen and oxygen atoms in total. The number of ketones is 1. The SMILES string of the molecule is COc1cc(F)c(C(=O)c2ccc(F)c(OC)c2)c(F)c1. The van der Waals surface area contributed by atoms with E-state index in [0.29, 0.717) is 0 Å². The zero-order valence-electron chi connectivity index (χ0n) is 11.2. The summed E-state index contributed by atoms with van der Waals surface area (Å²) in [6, 6.07) is 5.00. The summed E-state index contributed by atoms with van der Waals surface area (Å²) >= 11 is 0. The highest BCUT2D eigenvalue weighted by Gasteiger charge is 2.21. The minimum absolute atomic E-state index is 0.0433. The minimum Gasteiger partial charge on any atom is -0.497 e. The molecule has 110 valence electrons. The van der Waals surface area contributed by atoms with Crippen LogP contribution >= 0.6 is 0 Å². The average Bonchev–Trinajstić information content (AvgIpc) is 2.46. The molecule has 0 aliphatic heterocycles. The second-order valence-corrected chi connectivity index (χ2v) is 4.14. The third-order valence-corrected chi connectivity index (χ3v) is 2.89. The Morgan fingerprint density at radius 1 is 0.905 bits per heavy atom. The largest absolute Gasteiger partial charge is 0.497 e. The van der Waals surface area contributed by atoms with Crippen LogP contribution in [0.5, 0.6) is 11.5 Å². The topological polar surface area (TPSA) is 35.5 Å². The first kappa shape index (κ1) is 14.9. The van der Waals surface area contributed by atoms with Crippen molar-refractivity contribution < 1.29 is 27.4 Å². The lowest BCUT2D eigenvalue weighted by Gasteiger charge is -2.08. The monoisotopic (exact) mass is 296 g/mol. The summed E-state index contributed by atoms with van der Waals surface area (Å²) < 4.78 is 50.4. The number of methoxy groups -OCH3 is 2. The highest BCUT2D eigenvalue weighted by Crippen LogP contribution is 2.25. The van der Waals surface area contributed by atoms with Crippen LogP contribution < -0.4 is 9.47 Å². The molecule has 0 saturated carbocycles. The maximum absolute atomic E-state index is 13.8. The molecule has 0 aliphatic carbocycles. The van der Waals surface area contributed by atoms with E-state index < -0.39 is 28.8 Å². The zero-order valence-corrected chi connectivity index (χ0v) is 11.2. The van der Waals surface area contributed by atoms with Crippen LogP contribution in [0.4, 0.5) is 13.2 Å². The average molecular weight is 296 g/mol. The lowest BCUT2D eigenvalue weighted by Crippen LogP contribution is -2.08. The standard InChI is InChI=1S/C15H11F3O3/c1-20-9-6-11(17)14(12(18)7-9)15(19)8-3-4-10(16)13(5-8)21-2/h3-7H,1-2H3. The van der Waals surface area contributed by atoms with Crippen molar-refractivity contribution in [3.63, 3.8) is 0 Å². The van der Waals surface area contributed by atoms with Gasteiger partial charge in [0.05, 0.1) is 19.8 Å². The second-order valence-electron chi connectivity index (χ2n) is 4.14. The van der Waals surface area contributed by atoms with Gasteiger partial charge in [-0.25, -0.2) is 13.2 Å². The zero-order chi connectivity index (χ0) is 15.6. The first-order chi connectivity index (χ1) is 9.97. The van der Waals surface area contributed by atoms with E-state index in [1.807, 2.05) is 0 Å². The third-order valence-electron chi connectivity index (χ3n) is 2.89. The Kier molecular flexibility index (Phi) is 4.16. The van der Waals surface area contributed by atoms with Crippen LogP contribution in [0.2, 0.25) is 0 Å². The van der Waals surface area contributed by atoms with Gasteiger partial charge in [0.25, 0.3) is 0 Å². The van der Waals surface area contributed by atoms with Crippen LogP contribution in [-0.2, 0) is 0 Å². The predicted octanol–water partition coefficient (Wildman–Crippen LogP) is 3.35. The summed E-state index contributed by atoms with van der Waals surface area (Å²) in [6.07, 6.45) is 0. The lowest BCUT2D eigenvalue weighted by atomic mass is 10.0. The fourth-order valence-corrected chi connectivity index (χ4v) is 1.83. The molecular weight excluding hydrogens is 285 g/mol. The first-order valence-electron chi connectivity index (χ1n) is 5.89. The molecular formula is C15H11F3O3. The van der Waals surface area contributed by atoms with Crippen LogP contribution in [0.3, 0.4) is 0 Å². The van der Waals surface area contributed by atoms with Gasteiger partial charge < -0.3 is 9.47 Å². The fourth-order valence-electron chi connectivity index (χ4n) is 1.83. The van der Waals surface area contributed by atoms with Gasteiger partial charge in [-0.3, -0.25) is 4.79 Å². The molecule has 6 heteroatoms. The maximum atomic E-state index is 13.8. The van der Waals surface area contributed by atoms with E-state index in [9.17, 15) is 18.0 Å². The van der Waals surface area contributed by atoms with Gasteiger partial charge in [-0.05, 0) is 18.2 Å². The van der Waals surface area contributed by atoms with Crippen LogP contribution in [0, 0.1) is 17.5 Å². The van der Waals surface area contributed by atoms with E-state index >= 15 is 0 Å². The fraction of sp³-hybridized carbons (Fsp3) is 0.133. The van der Waals surface area contributed by atoms with Crippen molar-refractivity contribution in [2.24, 2.45) is 0 Å². The van der Waals surface area contributed by atoms with Crippen LogP contribution in [0.15, 0.2) is 30.3 Å². The molecule has 0 atom stereocenters. The highest BCUT2D eigenvalue weighted by atomic mass is 19.1. The van der Waals surface area contributed by atoms with E-state index in [2.05, 4.69) is 0 Å². The van der Waals surface area contributed by atoms with Gasteiger partial charge in [-0.1, -0.05) is 0 Å². The van der Waals surface area contributed by atoms with Crippen LogP contribution in [0.25, 0.3) is 0 Å². The molecule has 21 heavy (non-hydrogen) atoms. The van der Waals surface area contributed by atoms with Gasteiger partial charge in [-0.2, -0.15) is 0 Å². The Morgan fingerprint density at radius 2 is 1.52 bits per heavy atom. The molecule has 0 amide bonds. The molecule has 2 aromatic rings. The summed E-state index contributed by atoms with van der Waals surface area (Å²) in [6.45, 7) is 0. The summed E-state index contributed by atoms with van der Waals surface area (Å²) in [4.78, 5) is 12.2. The molecule has 2 aromatic carbocycles. The van der Waals surface area contributed by atoms with Crippen molar-refractivity contribution in [1.29, 1.82) is 0 Å². The van der Waals surface area contributed by atoms with Crippen molar-refractivity contribution in [3.8, 4) is 11.5 Å². The maximum Gasteiger partial charge on any atom is 0.199 e. The summed E-state index contributed by atoms with van der Waals surface area (Å²) in [5.41, 5.74) is -0.819. The summed E-state index contributed by atoms with van der Waals surface area (Å²) in [5, 5.41) is 0. The van der Waals surface area contributed by atoms with E-state index in [4.69, 9.17) is 9.47 Å². The Morgan fingerprint density at radius 3 is 2.05 bits per heavy atom. The molecule has 0 fully saturated rings. The van der Waals surface area contributed by atoms with Crippen molar-refractivity contribution in [2.75, 3.05) is 14.2 Å². The second kappa shape index (κ2) is 5.87. The van der Waals surface area contributed by atoms with E-state index in [1.54, 1.807) is 0 Å². The van der Waals surface area contributed by atoms with Crippen molar-refractivity contribution in [1.82, 2.24) is 0 Å². The van der Waals surface area contributed by atoms with Crippen molar-refractivity contribution in [2.45, 2.75) is 0 Å². The summed E-state index contributed by atoms with van der Waals surface area (Å²) in [5.74, 6) is -3.93. The number of ether oxygens (including phenoxy) is 2. The predicted molar refractivity (Wildman–Crippen MR) is 69.3 cm³/mol. The van der Waals surface area contributed by atoms with Crippen LogP contribution in [0.1, 0.15) is 15.9 Å². The number of benzene rings is 2. The Bertz CT molecular complexity index is 676. The van der Waals surface area contributed by atoms with Crippen LogP contribution in [-0.4, -0.2) is 20.0 Å². The van der Waals surface area contributed by atoms with E-state index in [-0.39, 0.29) is 17.1 Å². The van der Waals surface area contributed by atoms with E-state index in [0.717, 1.165) is 30.3 Å². The lowest BCUT2D eigenvalue weighted by molar-refractivity contribution is 0.103. The van der Waals surface area contributed by atoms with Crippen molar-refractivity contribution >= 4 is 5.78 Å². The molecule has 0 N–H and O–H groups in total. The Labute approximate surface area is 118 Å². The minimum atomic E-state index is -1.06. The number of carbonyl (C=O) groups excluding carboxylic acids is 1. The van der Waals surface area contributed by atoms with E-state index in [1.165, 1.54) is 14.2 Å².